The minimum Gasteiger partial charge on any atom is -0.481 e. The zero-order valence-electron chi connectivity index (χ0n) is 13.4. The van der Waals surface area contributed by atoms with E-state index in [9.17, 15) is 19.5 Å². The highest BCUT2D eigenvalue weighted by Crippen LogP contribution is 2.30. The van der Waals surface area contributed by atoms with Gasteiger partial charge in [-0.15, -0.1) is 0 Å². The lowest BCUT2D eigenvalue weighted by molar-refractivity contribution is -0.148. The molecule has 2 N–H and O–H groups in total. The Hall–Kier alpha value is -2.57. The van der Waals surface area contributed by atoms with Crippen LogP contribution in [0.25, 0.3) is 0 Å². The van der Waals surface area contributed by atoms with Gasteiger partial charge in [0.25, 0.3) is 5.91 Å². The number of hydrogen-bond donors (Lipinski definition) is 2. The maximum Gasteiger partial charge on any atom is 0.308 e. The Kier molecular flexibility index (Phi) is 4.42. The number of carboxylic acid groups (broad SMARTS) is 1. The summed E-state index contributed by atoms with van der Waals surface area (Å²) in [5, 5.41) is 11.9. The molecule has 3 unspecified atom stereocenters. The number of fused-ring (bicyclic) bond motifs is 1. The summed E-state index contributed by atoms with van der Waals surface area (Å²) in [7, 11) is 0. The summed E-state index contributed by atoms with van der Waals surface area (Å²) >= 11 is 0. The summed E-state index contributed by atoms with van der Waals surface area (Å²) < 4.78 is 5.63. The average Bonchev–Trinajstić information content (AvgIpc) is 2.54. The van der Waals surface area contributed by atoms with Crippen LogP contribution < -0.4 is 10.1 Å². The monoisotopic (exact) mass is 332 g/mol. The zero-order chi connectivity index (χ0) is 17.3. The smallest absolute Gasteiger partial charge is 0.308 e. The summed E-state index contributed by atoms with van der Waals surface area (Å²) in [5.41, 5.74) is 0.587. The van der Waals surface area contributed by atoms with Gasteiger partial charge in [0.05, 0.1) is 18.0 Å². The highest BCUT2D eigenvalue weighted by atomic mass is 16.5. The summed E-state index contributed by atoms with van der Waals surface area (Å²) in [6.07, 6.45) is -0.431. The topological polar surface area (TPSA) is 95.9 Å². The zero-order valence-corrected chi connectivity index (χ0v) is 13.4. The third kappa shape index (κ3) is 3.34. The molecule has 3 atom stereocenters. The van der Waals surface area contributed by atoms with Crippen LogP contribution in [0.15, 0.2) is 24.3 Å². The predicted octanol–water partition coefficient (Wildman–Crippen LogP) is 1.35. The molecule has 7 nitrogen and oxygen atoms in total. The largest absolute Gasteiger partial charge is 0.481 e. The molecule has 128 valence electrons. The number of nitrogens with zero attached hydrogens (tertiary/aromatic N) is 1. The van der Waals surface area contributed by atoms with Crippen molar-refractivity contribution in [3.63, 3.8) is 0 Å². The Morgan fingerprint density at radius 2 is 2.08 bits per heavy atom. The lowest BCUT2D eigenvalue weighted by Gasteiger charge is -2.35. The van der Waals surface area contributed by atoms with Crippen molar-refractivity contribution in [2.45, 2.75) is 25.9 Å². The van der Waals surface area contributed by atoms with E-state index in [1.165, 1.54) is 4.90 Å². The first-order valence-electron chi connectivity index (χ1n) is 8.01. The van der Waals surface area contributed by atoms with Crippen LogP contribution in [0.5, 0.6) is 5.75 Å². The van der Waals surface area contributed by atoms with E-state index < -0.39 is 18.0 Å². The molecule has 24 heavy (non-hydrogen) atoms. The first-order valence-corrected chi connectivity index (χ1v) is 8.01. The molecule has 2 aliphatic rings. The maximum absolute atomic E-state index is 12.5. The van der Waals surface area contributed by atoms with Crippen LogP contribution in [0.2, 0.25) is 0 Å². The predicted molar refractivity (Wildman–Crippen MR) is 85.6 cm³/mol. The molecule has 2 heterocycles. The van der Waals surface area contributed by atoms with Gasteiger partial charge in [0.2, 0.25) is 5.91 Å². The SMILES string of the molecule is CC1CC(C(=O)O)CN(C(=O)CC2Oc3ccccc3NC2=O)C1. The minimum atomic E-state index is -0.895. The molecule has 1 aromatic rings. The second-order valence-electron chi connectivity index (χ2n) is 6.47. The van der Waals surface area contributed by atoms with Gasteiger partial charge in [0.15, 0.2) is 6.10 Å². The van der Waals surface area contributed by atoms with Crippen molar-refractivity contribution >= 4 is 23.5 Å². The molecule has 0 bridgehead atoms. The van der Waals surface area contributed by atoms with E-state index in [1.807, 2.05) is 6.92 Å². The molecule has 3 rings (SSSR count). The fourth-order valence-electron chi connectivity index (χ4n) is 3.25. The van der Waals surface area contributed by atoms with E-state index in [2.05, 4.69) is 5.32 Å². The number of ether oxygens (including phenoxy) is 1. The van der Waals surface area contributed by atoms with Crippen molar-refractivity contribution in [2.24, 2.45) is 11.8 Å². The molecule has 0 saturated carbocycles. The third-order valence-corrected chi connectivity index (χ3v) is 4.43. The van der Waals surface area contributed by atoms with Crippen molar-refractivity contribution in [3.8, 4) is 5.75 Å². The summed E-state index contributed by atoms with van der Waals surface area (Å²) in [5.74, 6) is -1.41. The van der Waals surface area contributed by atoms with Crippen molar-refractivity contribution in [3.05, 3.63) is 24.3 Å². The molecule has 0 radical (unpaired) electrons. The van der Waals surface area contributed by atoms with E-state index in [4.69, 9.17) is 4.74 Å². The number of likely N-dealkylation sites (tertiary alicyclic amines) is 1. The molecule has 2 amide bonds. The number of benzene rings is 1. The highest BCUT2D eigenvalue weighted by molar-refractivity contribution is 6.00. The minimum absolute atomic E-state index is 0.0980. The summed E-state index contributed by atoms with van der Waals surface area (Å²) in [6, 6.07) is 7.04. The Morgan fingerprint density at radius 3 is 2.83 bits per heavy atom. The van der Waals surface area contributed by atoms with Gasteiger partial charge in [-0.1, -0.05) is 19.1 Å². The molecule has 0 aliphatic carbocycles. The van der Waals surface area contributed by atoms with Crippen molar-refractivity contribution in [1.29, 1.82) is 0 Å². The molecule has 1 saturated heterocycles. The number of aliphatic carboxylic acids is 1. The van der Waals surface area contributed by atoms with E-state index in [1.54, 1.807) is 24.3 Å². The highest BCUT2D eigenvalue weighted by Gasteiger charge is 2.35. The van der Waals surface area contributed by atoms with E-state index in [0.717, 1.165) is 0 Å². The van der Waals surface area contributed by atoms with E-state index >= 15 is 0 Å². The van der Waals surface area contributed by atoms with Gasteiger partial charge in [-0.25, -0.2) is 0 Å². The van der Waals surface area contributed by atoms with E-state index in [-0.39, 0.29) is 30.7 Å². The molecule has 1 fully saturated rings. The molecule has 2 aliphatic heterocycles. The Bertz CT molecular complexity index is 675. The standard InChI is InChI=1S/C17H20N2O5/c1-10-6-11(17(22)23)9-19(8-10)15(20)7-14-16(21)18-12-4-2-3-5-13(12)24-14/h2-5,10-11,14H,6-9H2,1H3,(H,18,21)(H,22,23). The van der Waals surface area contributed by atoms with Gasteiger partial charge in [-0.3, -0.25) is 14.4 Å². The first-order chi connectivity index (χ1) is 11.4. The number of piperidine rings is 1. The van der Waals surface area contributed by atoms with Crippen LogP contribution in [-0.4, -0.2) is 47.0 Å². The lowest BCUT2D eigenvalue weighted by Crippen LogP contribution is -2.48. The lowest BCUT2D eigenvalue weighted by atomic mass is 9.90. The fourth-order valence-corrected chi connectivity index (χ4v) is 3.25. The molecule has 7 heteroatoms. The average molecular weight is 332 g/mol. The van der Waals surface area contributed by atoms with Crippen molar-refractivity contribution in [1.82, 2.24) is 4.90 Å². The number of carbonyl (C=O) groups is 3. The van der Waals surface area contributed by atoms with E-state index in [0.29, 0.717) is 24.4 Å². The Labute approximate surface area is 139 Å². The van der Waals surface area contributed by atoms with Gasteiger partial charge in [-0.05, 0) is 24.5 Å². The number of para-hydroxylation sites is 2. The quantitative estimate of drug-likeness (QED) is 0.871. The number of hydrogen-bond acceptors (Lipinski definition) is 4. The second-order valence-corrected chi connectivity index (χ2v) is 6.47. The van der Waals surface area contributed by atoms with Crippen molar-refractivity contribution in [2.75, 3.05) is 18.4 Å². The number of rotatable bonds is 3. The molecule has 0 spiro atoms. The number of carboxylic acids is 1. The van der Waals surface area contributed by atoms with Crippen LogP contribution in [0.4, 0.5) is 5.69 Å². The van der Waals surface area contributed by atoms with Gasteiger partial charge in [0.1, 0.15) is 5.75 Å². The fraction of sp³-hybridized carbons (Fsp3) is 0.471. The normalized spacial score (nSPS) is 26.1. The molecular weight excluding hydrogens is 312 g/mol. The maximum atomic E-state index is 12.5. The van der Waals surface area contributed by atoms with Gasteiger partial charge < -0.3 is 20.1 Å². The number of carbonyl (C=O) groups excluding carboxylic acids is 2. The molecule has 0 aromatic heterocycles. The van der Waals surface area contributed by atoms with Crippen LogP contribution in [-0.2, 0) is 14.4 Å². The van der Waals surface area contributed by atoms with Crippen molar-refractivity contribution < 1.29 is 24.2 Å². The van der Waals surface area contributed by atoms with Crippen LogP contribution in [0, 0.1) is 11.8 Å². The number of amides is 2. The van der Waals surface area contributed by atoms with Crippen LogP contribution in [0.1, 0.15) is 19.8 Å². The third-order valence-electron chi connectivity index (χ3n) is 4.43. The Balaban J connectivity index is 1.66. The summed E-state index contributed by atoms with van der Waals surface area (Å²) in [6.45, 7) is 2.62. The van der Waals surface area contributed by atoms with Gasteiger partial charge in [-0.2, -0.15) is 0 Å². The number of nitrogens with one attached hydrogen (secondary N) is 1. The second kappa shape index (κ2) is 6.51. The van der Waals surface area contributed by atoms with Crippen LogP contribution in [0.3, 0.4) is 0 Å². The van der Waals surface area contributed by atoms with Crippen LogP contribution >= 0.6 is 0 Å². The summed E-state index contributed by atoms with van der Waals surface area (Å²) in [4.78, 5) is 37.4. The molecular formula is C17H20N2O5. The molecule has 1 aromatic carbocycles. The first kappa shape index (κ1) is 16.3. The van der Waals surface area contributed by atoms with Gasteiger partial charge >= 0.3 is 5.97 Å². The number of anilines is 1. The van der Waals surface area contributed by atoms with Gasteiger partial charge in [0, 0.05) is 13.1 Å². The Morgan fingerprint density at radius 1 is 1.33 bits per heavy atom.